The molecule has 1 atom stereocenters. The van der Waals surface area contributed by atoms with Crippen molar-refractivity contribution < 1.29 is 22.7 Å². The first kappa shape index (κ1) is 19.4. The van der Waals surface area contributed by atoms with Gasteiger partial charge in [-0.2, -0.15) is 0 Å². The second-order valence-corrected chi connectivity index (χ2v) is 9.12. The van der Waals surface area contributed by atoms with E-state index in [4.69, 9.17) is 4.74 Å². The SMILES string of the molecule is CCCN(C(=O)COC(=O)c1cn(C)c2ccccc12)[C@@H]1CCS(=O)(=O)C1. The molecule has 1 aliphatic heterocycles. The first-order valence-electron chi connectivity index (χ1n) is 9.03. The van der Waals surface area contributed by atoms with Gasteiger partial charge in [0.25, 0.3) is 5.91 Å². The standard InChI is InChI=1S/C19H24N2O5S/c1-3-9-21(14-8-10-27(24,25)13-14)18(22)12-26-19(23)16-11-20(2)17-7-5-4-6-15(16)17/h4-7,11,14H,3,8-10,12-13H2,1-2H3/t14-/m1/s1. The minimum Gasteiger partial charge on any atom is -0.452 e. The number of amides is 1. The van der Waals surface area contributed by atoms with Crippen LogP contribution in [0.15, 0.2) is 30.5 Å². The highest BCUT2D eigenvalue weighted by Crippen LogP contribution is 2.22. The molecule has 8 heteroatoms. The van der Waals surface area contributed by atoms with Gasteiger partial charge < -0.3 is 14.2 Å². The van der Waals surface area contributed by atoms with Crippen LogP contribution >= 0.6 is 0 Å². The fourth-order valence-corrected chi connectivity index (χ4v) is 5.30. The van der Waals surface area contributed by atoms with Gasteiger partial charge in [0.05, 0.1) is 17.1 Å². The van der Waals surface area contributed by atoms with Gasteiger partial charge in [-0.3, -0.25) is 4.79 Å². The van der Waals surface area contributed by atoms with E-state index >= 15 is 0 Å². The average Bonchev–Trinajstić information content (AvgIpc) is 3.17. The monoisotopic (exact) mass is 392 g/mol. The molecule has 0 spiro atoms. The number of fused-ring (bicyclic) bond motifs is 1. The first-order chi connectivity index (χ1) is 12.8. The minimum atomic E-state index is -3.09. The van der Waals surface area contributed by atoms with Gasteiger partial charge in [-0.1, -0.05) is 25.1 Å². The molecule has 1 fully saturated rings. The van der Waals surface area contributed by atoms with Crippen LogP contribution in [0, 0.1) is 0 Å². The number of carbonyl (C=O) groups is 2. The molecule has 0 saturated carbocycles. The number of benzene rings is 1. The summed E-state index contributed by atoms with van der Waals surface area (Å²) in [4.78, 5) is 26.6. The Labute approximate surface area is 158 Å². The van der Waals surface area contributed by atoms with E-state index in [1.54, 1.807) is 11.1 Å². The van der Waals surface area contributed by atoms with E-state index in [9.17, 15) is 18.0 Å². The van der Waals surface area contributed by atoms with Crippen LogP contribution in [-0.2, 0) is 26.4 Å². The first-order valence-corrected chi connectivity index (χ1v) is 10.9. The summed E-state index contributed by atoms with van der Waals surface area (Å²) < 4.78 is 30.5. The number of aryl methyl sites for hydroxylation is 1. The molecule has 2 heterocycles. The van der Waals surface area contributed by atoms with Crippen molar-refractivity contribution in [3.05, 3.63) is 36.0 Å². The molecule has 7 nitrogen and oxygen atoms in total. The number of rotatable bonds is 6. The zero-order chi connectivity index (χ0) is 19.6. The van der Waals surface area contributed by atoms with Crippen molar-refractivity contribution in [2.75, 3.05) is 24.7 Å². The van der Waals surface area contributed by atoms with Gasteiger partial charge in [-0.25, -0.2) is 13.2 Å². The molecular formula is C19H24N2O5S. The zero-order valence-corrected chi connectivity index (χ0v) is 16.4. The number of sulfone groups is 1. The molecule has 3 rings (SSSR count). The number of nitrogens with zero attached hydrogens (tertiary/aromatic N) is 2. The summed E-state index contributed by atoms with van der Waals surface area (Å²) in [5.41, 5.74) is 1.31. The molecule has 0 aliphatic carbocycles. The predicted molar refractivity (Wildman–Crippen MR) is 102 cm³/mol. The fraction of sp³-hybridized carbons (Fsp3) is 0.474. The highest BCUT2D eigenvalue weighted by atomic mass is 32.2. The Morgan fingerprint density at radius 2 is 2.04 bits per heavy atom. The van der Waals surface area contributed by atoms with Crippen molar-refractivity contribution in [3.8, 4) is 0 Å². The molecule has 27 heavy (non-hydrogen) atoms. The third-order valence-corrected chi connectivity index (χ3v) is 6.63. The molecule has 1 aliphatic rings. The molecule has 1 amide bonds. The van der Waals surface area contributed by atoms with E-state index in [-0.39, 0.29) is 23.5 Å². The molecule has 0 N–H and O–H groups in total. The number of ether oxygens (including phenoxy) is 1. The number of para-hydroxylation sites is 1. The van der Waals surface area contributed by atoms with E-state index in [1.807, 2.05) is 42.8 Å². The second-order valence-electron chi connectivity index (χ2n) is 6.89. The van der Waals surface area contributed by atoms with Crippen LogP contribution < -0.4 is 0 Å². The highest BCUT2D eigenvalue weighted by Gasteiger charge is 2.34. The maximum atomic E-state index is 12.6. The molecule has 2 aromatic rings. The molecular weight excluding hydrogens is 368 g/mol. The Morgan fingerprint density at radius 1 is 1.30 bits per heavy atom. The van der Waals surface area contributed by atoms with Gasteiger partial charge in [0.15, 0.2) is 16.4 Å². The smallest absolute Gasteiger partial charge is 0.340 e. The van der Waals surface area contributed by atoms with E-state index in [2.05, 4.69) is 0 Å². The van der Waals surface area contributed by atoms with Gasteiger partial charge in [0.2, 0.25) is 0 Å². The van der Waals surface area contributed by atoms with E-state index in [0.29, 0.717) is 24.9 Å². The molecule has 0 radical (unpaired) electrons. The molecule has 1 aromatic heterocycles. The average molecular weight is 392 g/mol. The molecule has 146 valence electrons. The quantitative estimate of drug-likeness (QED) is 0.700. The normalized spacial score (nSPS) is 18.5. The van der Waals surface area contributed by atoms with Crippen molar-refractivity contribution in [1.29, 1.82) is 0 Å². The van der Waals surface area contributed by atoms with Crippen LogP contribution in [0.25, 0.3) is 10.9 Å². The molecule has 1 saturated heterocycles. The Morgan fingerprint density at radius 3 is 2.70 bits per heavy atom. The van der Waals surface area contributed by atoms with Crippen LogP contribution in [-0.4, -0.2) is 60.5 Å². The fourth-order valence-electron chi connectivity index (χ4n) is 3.57. The van der Waals surface area contributed by atoms with Crippen molar-refractivity contribution in [2.45, 2.75) is 25.8 Å². The Kier molecular flexibility index (Phi) is 5.55. The van der Waals surface area contributed by atoms with E-state index < -0.39 is 22.4 Å². The van der Waals surface area contributed by atoms with Gasteiger partial charge in [-0.15, -0.1) is 0 Å². The maximum Gasteiger partial charge on any atom is 0.340 e. The Bertz CT molecular complexity index is 964. The third-order valence-electron chi connectivity index (χ3n) is 4.88. The van der Waals surface area contributed by atoms with Crippen molar-refractivity contribution in [1.82, 2.24) is 9.47 Å². The Balaban J connectivity index is 1.68. The summed E-state index contributed by atoms with van der Waals surface area (Å²) >= 11 is 0. The lowest BCUT2D eigenvalue weighted by Gasteiger charge is -2.27. The van der Waals surface area contributed by atoms with Crippen LogP contribution in [0.1, 0.15) is 30.1 Å². The summed E-state index contributed by atoms with van der Waals surface area (Å²) in [5, 5.41) is 0.768. The number of carbonyl (C=O) groups excluding carboxylic acids is 2. The summed E-state index contributed by atoms with van der Waals surface area (Å²) in [7, 11) is -1.25. The lowest BCUT2D eigenvalue weighted by atomic mass is 10.2. The summed E-state index contributed by atoms with van der Waals surface area (Å²) in [6, 6.07) is 7.13. The Hall–Kier alpha value is -2.35. The zero-order valence-electron chi connectivity index (χ0n) is 15.6. The van der Waals surface area contributed by atoms with Gasteiger partial charge in [0, 0.05) is 36.7 Å². The number of hydrogen-bond donors (Lipinski definition) is 0. The van der Waals surface area contributed by atoms with Gasteiger partial charge in [-0.05, 0) is 18.9 Å². The van der Waals surface area contributed by atoms with Crippen molar-refractivity contribution in [3.63, 3.8) is 0 Å². The molecule has 0 bridgehead atoms. The largest absolute Gasteiger partial charge is 0.452 e. The topological polar surface area (TPSA) is 85.7 Å². The molecule has 1 aromatic carbocycles. The lowest BCUT2D eigenvalue weighted by molar-refractivity contribution is -0.136. The molecule has 0 unspecified atom stereocenters. The third kappa shape index (κ3) is 4.16. The van der Waals surface area contributed by atoms with Crippen molar-refractivity contribution >= 4 is 32.6 Å². The van der Waals surface area contributed by atoms with Gasteiger partial charge in [0.1, 0.15) is 0 Å². The summed E-state index contributed by atoms with van der Waals surface area (Å²) in [6.45, 7) is 1.98. The van der Waals surface area contributed by atoms with E-state index in [0.717, 1.165) is 10.9 Å². The summed E-state index contributed by atoms with van der Waals surface area (Å²) in [6.07, 6.45) is 2.83. The minimum absolute atomic E-state index is 0.0178. The predicted octanol–water partition coefficient (Wildman–Crippen LogP) is 1.76. The highest BCUT2D eigenvalue weighted by molar-refractivity contribution is 7.91. The van der Waals surface area contributed by atoms with Gasteiger partial charge >= 0.3 is 5.97 Å². The van der Waals surface area contributed by atoms with Crippen LogP contribution in [0.2, 0.25) is 0 Å². The van der Waals surface area contributed by atoms with Crippen molar-refractivity contribution in [2.24, 2.45) is 7.05 Å². The maximum absolute atomic E-state index is 12.6. The summed E-state index contributed by atoms with van der Waals surface area (Å²) in [5.74, 6) is -0.833. The lowest BCUT2D eigenvalue weighted by Crippen LogP contribution is -2.43. The second kappa shape index (κ2) is 7.72. The number of aromatic nitrogens is 1. The van der Waals surface area contributed by atoms with E-state index in [1.165, 1.54) is 0 Å². The number of hydrogen-bond acceptors (Lipinski definition) is 5. The number of esters is 1. The van der Waals surface area contributed by atoms with Crippen LogP contribution in [0.4, 0.5) is 0 Å². The van der Waals surface area contributed by atoms with Crippen LogP contribution in [0.5, 0.6) is 0 Å². The van der Waals surface area contributed by atoms with Crippen LogP contribution in [0.3, 0.4) is 0 Å².